The Morgan fingerprint density at radius 1 is 0.708 bits per heavy atom. The standard InChI is InChI=1S/C18H6F3N3/c19-18(20,21)17-13-6-11-4-2-1-3-10(11)5-12(13)14(7-22)15(8-23)16(17)9-24/h1-6H. The molecule has 24 heavy (non-hydrogen) atoms. The van der Waals surface area contributed by atoms with Crippen molar-refractivity contribution in [2.24, 2.45) is 0 Å². The van der Waals surface area contributed by atoms with E-state index >= 15 is 0 Å². The van der Waals surface area contributed by atoms with Crippen LogP contribution in [0.5, 0.6) is 0 Å². The summed E-state index contributed by atoms with van der Waals surface area (Å²) in [5.41, 5.74) is -2.76. The average Bonchev–Trinajstić information content (AvgIpc) is 2.56. The summed E-state index contributed by atoms with van der Waals surface area (Å²) in [4.78, 5) is 0. The predicted octanol–water partition coefficient (Wildman–Crippen LogP) is 4.63. The Bertz CT molecular complexity index is 1120. The van der Waals surface area contributed by atoms with Gasteiger partial charge in [-0.15, -0.1) is 0 Å². The molecule has 0 bridgehead atoms. The van der Waals surface area contributed by atoms with Gasteiger partial charge in [-0.2, -0.15) is 29.0 Å². The second-order valence-corrected chi connectivity index (χ2v) is 5.08. The van der Waals surface area contributed by atoms with Crippen LogP contribution >= 0.6 is 0 Å². The first-order valence-electron chi connectivity index (χ1n) is 6.72. The molecule has 3 nitrogen and oxygen atoms in total. The van der Waals surface area contributed by atoms with Crippen molar-refractivity contribution in [2.75, 3.05) is 0 Å². The molecule has 0 aliphatic heterocycles. The summed E-state index contributed by atoms with van der Waals surface area (Å²) in [6, 6.07) is 14.3. The maximum atomic E-state index is 13.6. The minimum absolute atomic E-state index is 0.0130. The lowest BCUT2D eigenvalue weighted by Crippen LogP contribution is -2.11. The summed E-state index contributed by atoms with van der Waals surface area (Å²) in [6.07, 6.45) is -4.83. The minimum Gasteiger partial charge on any atom is -0.192 e. The highest BCUT2D eigenvalue weighted by molar-refractivity contribution is 6.04. The molecule has 3 aromatic rings. The molecule has 0 atom stereocenters. The van der Waals surface area contributed by atoms with Crippen molar-refractivity contribution in [3.05, 3.63) is 58.7 Å². The first-order valence-corrected chi connectivity index (χ1v) is 6.72. The van der Waals surface area contributed by atoms with Crippen LogP contribution in [-0.4, -0.2) is 0 Å². The van der Waals surface area contributed by atoms with Crippen LogP contribution in [0.15, 0.2) is 36.4 Å². The lowest BCUT2D eigenvalue weighted by Gasteiger charge is -2.16. The smallest absolute Gasteiger partial charge is 0.192 e. The van der Waals surface area contributed by atoms with Gasteiger partial charge in [-0.3, -0.25) is 0 Å². The van der Waals surface area contributed by atoms with E-state index in [1.54, 1.807) is 36.4 Å². The lowest BCUT2D eigenvalue weighted by molar-refractivity contribution is -0.136. The van der Waals surface area contributed by atoms with Crippen molar-refractivity contribution >= 4 is 21.5 Å². The number of benzene rings is 3. The van der Waals surface area contributed by atoms with Gasteiger partial charge in [-0.25, -0.2) is 0 Å². The van der Waals surface area contributed by atoms with Gasteiger partial charge in [-0.1, -0.05) is 24.3 Å². The first-order chi connectivity index (χ1) is 11.4. The predicted molar refractivity (Wildman–Crippen MR) is 80.6 cm³/mol. The van der Waals surface area contributed by atoms with E-state index in [9.17, 15) is 29.0 Å². The summed E-state index contributed by atoms with van der Waals surface area (Å²) in [7, 11) is 0. The molecule has 0 spiro atoms. The molecule has 0 unspecified atom stereocenters. The zero-order valence-electron chi connectivity index (χ0n) is 11.9. The van der Waals surface area contributed by atoms with E-state index in [0.717, 1.165) is 0 Å². The summed E-state index contributed by atoms with van der Waals surface area (Å²) in [5, 5.41) is 28.7. The molecular formula is C18H6F3N3. The number of nitrogens with zero attached hydrogens (tertiary/aromatic N) is 3. The van der Waals surface area contributed by atoms with E-state index in [4.69, 9.17) is 0 Å². The first kappa shape index (κ1) is 15.3. The van der Waals surface area contributed by atoms with Crippen molar-refractivity contribution in [3.63, 3.8) is 0 Å². The maximum absolute atomic E-state index is 13.6. The molecule has 0 aromatic heterocycles. The van der Waals surface area contributed by atoms with Crippen molar-refractivity contribution < 1.29 is 13.2 Å². The lowest BCUT2D eigenvalue weighted by atomic mass is 9.88. The molecule has 0 amide bonds. The summed E-state index contributed by atoms with van der Waals surface area (Å²) in [6.45, 7) is 0. The monoisotopic (exact) mass is 321 g/mol. The highest BCUT2D eigenvalue weighted by Gasteiger charge is 2.38. The number of halogens is 3. The number of hydrogen-bond donors (Lipinski definition) is 0. The van der Waals surface area contributed by atoms with Crippen molar-refractivity contribution in [3.8, 4) is 18.2 Å². The number of rotatable bonds is 0. The molecule has 114 valence electrons. The second-order valence-electron chi connectivity index (χ2n) is 5.08. The summed E-state index contributed by atoms with van der Waals surface area (Å²) in [5.74, 6) is 0. The summed E-state index contributed by atoms with van der Waals surface area (Å²) >= 11 is 0. The quantitative estimate of drug-likeness (QED) is 0.567. The number of fused-ring (bicyclic) bond motifs is 2. The van der Waals surface area contributed by atoms with Crippen LogP contribution in [0, 0.1) is 34.0 Å². The van der Waals surface area contributed by atoms with Gasteiger partial charge in [0.25, 0.3) is 0 Å². The molecule has 0 saturated heterocycles. The van der Waals surface area contributed by atoms with Crippen molar-refractivity contribution in [1.82, 2.24) is 0 Å². The molecule has 3 aromatic carbocycles. The second kappa shape index (κ2) is 5.26. The highest BCUT2D eigenvalue weighted by Crippen LogP contribution is 2.41. The van der Waals surface area contributed by atoms with E-state index in [1.165, 1.54) is 18.2 Å². The molecule has 0 radical (unpaired) electrons. The van der Waals surface area contributed by atoms with Gasteiger partial charge in [0.05, 0.1) is 22.3 Å². The third kappa shape index (κ3) is 2.12. The van der Waals surface area contributed by atoms with Crippen LogP contribution in [0.2, 0.25) is 0 Å². The van der Waals surface area contributed by atoms with Gasteiger partial charge in [0.2, 0.25) is 0 Å². The Morgan fingerprint density at radius 3 is 1.67 bits per heavy atom. The number of nitriles is 3. The topological polar surface area (TPSA) is 71.4 Å². The fourth-order valence-corrected chi connectivity index (χ4v) is 2.81. The van der Waals surface area contributed by atoms with Crippen LogP contribution in [0.1, 0.15) is 22.3 Å². The van der Waals surface area contributed by atoms with E-state index in [2.05, 4.69) is 0 Å². The molecule has 0 aliphatic carbocycles. The fourth-order valence-electron chi connectivity index (χ4n) is 2.81. The SMILES string of the molecule is N#Cc1c(C#N)c(C(F)(F)F)c2cc3ccccc3cc2c1C#N. The molecule has 0 heterocycles. The van der Waals surface area contributed by atoms with Crippen LogP contribution in [0.4, 0.5) is 13.2 Å². The van der Waals surface area contributed by atoms with Crippen molar-refractivity contribution in [1.29, 1.82) is 15.8 Å². The van der Waals surface area contributed by atoms with Gasteiger partial charge >= 0.3 is 6.18 Å². The van der Waals surface area contributed by atoms with Crippen LogP contribution in [0.3, 0.4) is 0 Å². The molecular weight excluding hydrogens is 315 g/mol. The molecule has 6 heteroatoms. The van der Waals surface area contributed by atoms with E-state index in [0.29, 0.717) is 10.8 Å². The van der Waals surface area contributed by atoms with Gasteiger partial charge < -0.3 is 0 Å². The van der Waals surface area contributed by atoms with Crippen LogP contribution in [0.25, 0.3) is 21.5 Å². The maximum Gasteiger partial charge on any atom is 0.418 e. The van der Waals surface area contributed by atoms with Gasteiger partial charge in [0, 0.05) is 5.39 Å². The Morgan fingerprint density at radius 2 is 1.21 bits per heavy atom. The van der Waals surface area contributed by atoms with E-state index < -0.39 is 22.9 Å². The molecule has 0 aliphatic rings. The largest absolute Gasteiger partial charge is 0.418 e. The highest BCUT2D eigenvalue weighted by atomic mass is 19.4. The van der Waals surface area contributed by atoms with E-state index in [1.807, 2.05) is 0 Å². The third-order valence-electron chi connectivity index (χ3n) is 3.79. The molecule has 0 fully saturated rings. The Labute approximate surface area is 134 Å². The Balaban J connectivity index is 2.70. The average molecular weight is 321 g/mol. The normalized spacial score (nSPS) is 11.0. The molecule has 3 rings (SSSR count). The van der Waals surface area contributed by atoms with Crippen LogP contribution in [-0.2, 0) is 6.18 Å². The molecule has 0 saturated carbocycles. The Kier molecular flexibility index (Phi) is 3.36. The van der Waals surface area contributed by atoms with Gasteiger partial charge in [0.1, 0.15) is 18.2 Å². The number of alkyl halides is 3. The molecule has 0 N–H and O–H groups in total. The Hall–Kier alpha value is -3.56. The minimum atomic E-state index is -4.83. The van der Waals surface area contributed by atoms with Crippen molar-refractivity contribution in [2.45, 2.75) is 6.18 Å². The summed E-state index contributed by atoms with van der Waals surface area (Å²) < 4.78 is 40.7. The fraction of sp³-hybridized carbons (Fsp3) is 0.0556. The van der Waals surface area contributed by atoms with E-state index in [-0.39, 0.29) is 16.3 Å². The van der Waals surface area contributed by atoms with Gasteiger partial charge in [-0.05, 0) is 28.3 Å². The number of hydrogen-bond acceptors (Lipinski definition) is 3. The van der Waals surface area contributed by atoms with Crippen LogP contribution < -0.4 is 0 Å². The zero-order valence-corrected chi connectivity index (χ0v) is 11.9. The third-order valence-corrected chi connectivity index (χ3v) is 3.79. The zero-order chi connectivity index (χ0) is 17.5. The van der Waals surface area contributed by atoms with Gasteiger partial charge in [0.15, 0.2) is 0 Å².